The lowest BCUT2D eigenvalue weighted by Crippen LogP contribution is -2.14. The first-order valence-electron chi connectivity index (χ1n) is 8.49. The van der Waals surface area contributed by atoms with Gasteiger partial charge in [0.15, 0.2) is 0 Å². The van der Waals surface area contributed by atoms with Gasteiger partial charge in [0.2, 0.25) is 17.7 Å². The van der Waals surface area contributed by atoms with Gasteiger partial charge in [0.05, 0.1) is 7.11 Å². The lowest BCUT2D eigenvalue weighted by molar-refractivity contribution is -0.117. The van der Waals surface area contributed by atoms with Crippen LogP contribution in [-0.4, -0.2) is 23.2 Å². The zero-order valence-corrected chi connectivity index (χ0v) is 14.6. The van der Waals surface area contributed by atoms with Gasteiger partial charge < -0.3 is 14.5 Å². The molecule has 6 heteroatoms. The summed E-state index contributed by atoms with van der Waals surface area (Å²) in [5, 5.41) is 10.8. The lowest BCUT2D eigenvalue weighted by Gasteiger charge is -2.06. The van der Waals surface area contributed by atoms with Gasteiger partial charge in [-0.1, -0.05) is 12.1 Å². The summed E-state index contributed by atoms with van der Waals surface area (Å²) in [5.41, 5.74) is 2.76. The number of nitrogens with one attached hydrogen (secondary N) is 1. The summed E-state index contributed by atoms with van der Waals surface area (Å²) >= 11 is 0. The maximum atomic E-state index is 12.5. The summed E-state index contributed by atoms with van der Waals surface area (Å²) in [5.74, 6) is 2.17. The Balaban J connectivity index is 1.38. The summed E-state index contributed by atoms with van der Waals surface area (Å²) < 4.78 is 10.6. The molecule has 1 fully saturated rings. The number of hydrogen-bond acceptors (Lipinski definition) is 5. The molecule has 1 amide bonds. The standard InChI is InChI=1S/C20H19N3O3/c1-12-22-23-20(26-12)14-3-7-15(8-4-14)21-19(24)18-11-17(18)13-5-9-16(25-2)10-6-13/h3-10,17-18H,11H2,1-2H3,(H,21,24)/t17-,18+/m1/s1. The van der Waals surface area contributed by atoms with Crippen LogP contribution in [0.15, 0.2) is 52.9 Å². The second-order valence-corrected chi connectivity index (χ2v) is 6.41. The van der Waals surface area contributed by atoms with Gasteiger partial charge in [-0.15, -0.1) is 10.2 Å². The average Bonchev–Trinajstić information content (AvgIpc) is 3.36. The van der Waals surface area contributed by atoms with Crippen LogP contribution < -0.4 is 10.1 Å². The molecule has 1 aliphatic rings. The van der Waals surface area contributed by atoms with Gasteiger partial charge >= 0.3 is 0 Å². The van der Waals surface area contributed by atoms with Crippen LogP contribution in [0.3, 0.4) is 0 Å². The van der Waals surface area contributed by atoms with Crippen molar-refractivity contribution in [3.05, 3.63) is 60.0 Å². The monoisotopic (exact) mass is 349 g/mol. The van der Waals surface area contributed by atoms with Crippen molar-refractivity contribution in [3.8, 4) is 17.2 Å². The van der Waals surface area contributed by atoms with E-state index in [1.54, 1.807) is 14.0 Å². The number of aryl methyl sites for hydroxylation is 1. The highest BCUT2D eigenvalue weighted by Gasteiger charge is 2.43. The SMILES string of the molecule is COc1ccc([C@H]2C[C@@H]2C(=O)Nc2ccc(-c3nnc(C)o3)cc2)cc1. The van der Waals surface area contributed by atoms with Gasteiger partial charge in [-0.25, -0.2) is 0 Å². The van der Waals surface area contributed by atoms with Crippen molar-refractivity contribution in [1.82, 2.24) is 10.2 Å². The van der Waals surface area contributed by atoms with Crippen LogP contribution in [0.2, 0.25) is 0 Å². The van der Waals surface area contributed by atoms with E-state index in [0.717, 1.165) is 23.4 Å². The van der Waals surface area contributed by atoms with Crippen molar-refractivity contribution in [2.45, 2.75) is 19.3 Å². The fourth-order valence-corrected chi connectivity index (χ4v) is 3.05. The maximum Gasteiger partial charge on any atom is 0.247 e. The van der Waals surface area contributed by atoms with Crippen LogP contribution in [0.25, 0.3) is 11.5 Å². The molecular weight excluding hydrogens is 330 g/mol. The van der Waals surface area contributed by atoms with Crippen molar-refractivity contribution in [2.24, 2.45) is 5.92 Å². The lowest BCUT2D eigenvalue weighted by atomic mass is 10.1. The Morgan fingerprint density at radius 3 is 2.46 bits per heavy atom. The van der Waals surface area contributed by atoms with Gasteiger partial charge in [-0.3, -0.25) is 4.79 Å². The van der Waals surface area contributed by atoms with E-state index >= 15 is 0 Å². The normalized spacial score (nSPS) is 18.4. The third kappa shape index (κ3) is 3.31. The van der Waals surface area contributed by atoms with Crippen molar-refractivity contribution in [1.29, 1.82) is 0 Å². The quantitative estimate of drug-likeness (QED) is 0.758. The Morgan fingerprint density at radius 1 is 1.12 bits per heavy atom. The molecule has 0 unspecified atom stereocenters. The number of carbonyl (C=O) groups excluding carboxylic acids is 1. The molecule has 4 rings (SSSR count). The summed E-state index contributed by atoms with van der Waals surface area (Å²) in [6.45, 7) is 1.75. The second kappa shape index (κ2) is 6.63. The number of nitrogens with zero attached hydrogens (tertiary/aromatic N) is 2. The molecule has 132 valence electrons. The minimum Gasteiger partial charge on any atom is -0.497 e. The number of ether oxygens (including phenoxy) is 1. The van der Waals surface area contributed by atoms with Crippen LogP contribution >= 0.6 is 0 Å². The number of benzene rings is 2. The molecule has 0 spiro atoms. The zero-order valence-electron chi connectivity index (χ0n) is 14.6. The Hall–Kier alpha value is -3.15. The molecule has 0 aliphatic heterocycles. The highest BCUT2D eigenvalue weighted by molar-refractivity contribution is 5.95. The molecule has 6 nitrogen and oxygen atoms in total. The Kier molecular flexibility index (Phi) is 4.16. The fourth-order valence-electron chi connectivity index (χ4n) is 3.05. The Morgan fingerprint density at radius 2 is 1.85 bits per heavy atom. The minimum absolute atomic E-state index is 0.0154. The minimum atomic E-state index is 0.0154. The molecule has 3 aromatic rings. The Bertz CT molecular complexity index is 916. The van der Waals surface area contributed by atoms with Gasteiger partial charge in [0.25, 0.3) is 0 Å². The first kappa shape index (κ1) is 16.3. The van der Waals surface area contributed by atoms with Gasteiger partial charge in [0.1, 0.15) is 5.75 Å². The van der Waals surface area contributed by atoms with Gasteiger partial charge in [0, 0.05) is 24.1 Å². The number of amides is 1. The zero-order chi connectivity index (χ0) is 18.1. The first-order valence-corrected chi connectivity index (χ1v) is 8.49. The molecule has 1 aromatic heterocycles. The van der Waals surface area contributed by atoms with Crippen molar-refractivity contribution in [2.75, 3.05) is 12.4 Å². The van der Waals surface area contributed by atoms with E-state index in [1.807, 2.05) is 48.5 Å². The third-order valence-electron chi connectivity index (χ3n) is 4.60. The number of carbonyl (C=O) groups is 1. The van der Waals surface area contributed by atoms with Crippen LogP contribution in [0.1, 0.15) is 23.8 Å². The van der Waals surface area contributed by atoms with Crippen LogP contribution in [0.4, 0.5) is 5.69 Å². The van der Waals surface area contributed by atoms with Crippen molar-refractivity contribution < 1.29 is 13.9 Å². The molecule has 1 heterocycles. The molecule has 0 radical (unpaired) electrons. The topological polar surface area (TPSA) is 77.2 Å². The van der Waals surface area contributed by atoms with Crippen LogP contribution in [0.5, 0.6) is 5.75 Å². The number of anilines is 1. The van der Waals surface area contributed by atoms with Crippen LogP contribution in [-0.2, 0) is 4.79 Å². The molecule has 2 atom stereocenters. The molecule has 0 saturated heterocycles. The van der Waals surface area contributed by atoms with Crippen LogP contribution in [0, 0.1) is 12.8 Å². The smallest absolute Gasteiger partial charge is 0.247 e. The molecule has 1 saturated carbocycles. The summed E-state index contributed by atoms with van der Waals surface area (Å²) in [7, 11) is 1.65. The molecule has 2 aromatic carbocycles. The molecule has 1 aliphatic carbocycles. The highest BCUT2D eigenvalue weighted by Crippen LogP contribution is 2.48. The predicted octanol–water partition coefficient (Wildman–Crippen LogP) is 3.80. The molecule has 26 heavy (non-hydrogen) atoms. The predicted molar refractivity (Wildman–Crippen MR) is 96.9 cm³/mol. The Labute approximate surface area is 151 Å². The van der Waals surface area contributed by atoms with E-state index in [-0.39, 0.29) is 17.7 Å². The number of methoxy groups -OCH3 is 1. The first-order chi connectivity index (χ1) is 12.6. The largest absolute Gasteiger partial charge is 0.497 e. The van der Waals surface area contributed by atoms with E-state index in [2.05, 4.69) is 15.5 Å². The summed E-state index contributed by atoms with van der Waals surface area (Å²) in [6, 6.07) is 15.3. The fraction of sp³-hybridized carbons (Fsp3) is 0.250. The number of aromatic nitrogens is 2. The van der Waals surface area contributed by atoms with E-state index in [9.17, 15) is 4.79 Å². The van der Waals surface area contributed by atoms with E-state index in [1.165, 1.54) is 5.56 Å². The maximum absolute atomic E-state index is 12.5. The molecule has 0 bridgehead atoms. The third-order valence-corrected chi connectivity index (χ3v) is 4.60. The van der Waals surface area contributed by atoms with Gasteiger partial charge in [-0.05, 0) is 54.3 Å². The second-order valence-electron chi connectivity index (χ2n) is 6.41. The summed E-state index contributed by atoms with van der Waals surface area (Å²) in [4.78, 5) is 12.5. The molecule has 1 N–H and O–H groups in total. The van der Waals surface area contributed by atoms with E-state index in [4.69, 9.17) is 9.15 Å². The van der Waals surface area contributed by atoms with Gasteiger partial charge in [-0.2, -0.15) is 0 Å². The van der Waals surface area contributed by atoms with Crippen molar-refractivity contribution >= 4 is 11.6 Å². The van der Waals surface area contributed by atoms with E-state index in [0.29, 0.717) is 11.8 Å². The number of hydrogen-bond donors (Lipinski definition) is 1. The average molecular weight is 349 g/mol. The van der Waals surface area contributed by atoms with Crippen molar-refractivity contribution in [3.63, 3.8) is 0 Å². The molecular formula is C20H19N3O3. The highest BCUT2D eigenvalue weighted by atomic mass is 16.5. The summed E-state index contributed by atoms with van der Waals surface area (Å²) in [6.07, 6.45) is 0.873. The van der Waals surface area contributed by atoms with E-state index < -0.39 is 0 Å². The number of rotatable bonds is 5.